The number of hydrogen-bond donors (Lipinski definition) is 7. The summed E-state index contributed by atoms with van der Waals surface area (Å²) in [5, 5.41) is 68.3. The molecule has 0 aromatic heterocycles. The van der Waals surface area contributed by atoms with Gasteiger partial charge in [0.1, 0.15) is 24.4 Å². The third kappa shape index (κ3) is 6.75. The Kier molecular flexibility index (Phi) is 10.2. The third-order valence-corrected chi connectivity index (χ3v) is 6.97. The fourth-order valence-electron chi connectivity index (χ4n) is 4.96. The van der Waals surface area contributed by atoms with Gasteiger partial charge in [0.15, 0.2) is 6.29 Å². The van der Waals surface area contributed by atoms with E-state index in [9.17, 15) is 45.3 Å². The van der Waals surface area contributed by atoms with E-state index >= 15 is 0 Å². The molecule has 208 valence electrons. The van der Waals surface area contributed by atoms with Gasteiger partial charge in [0.05, 0.1) is 36.9 Å². The van der Waals surface area contributed by atoms with E-state index in [-0.39, 0.29) is 18.1 Å². The number of rotatable bonds is 10. The van der Waals surface area contributed by atoms with Crippen LogP contribution in [-0.2, 0) is 23.8 Å². The van der Waals surface area contributed by atoms with E-state index in [4.69, 9.17) is 14.2 Å². The molecular formula is C24H35NO12. The SMILES string of the molecule is C=C[C@@H]1[C@H](O[C@H]2O[C@H](CO)[C@@H](O)[C@H](O)[C@H]2O)OC=C(C(=O)O)[C@H]1C=CC1CC(C(=O)O)CN(CCO)C1. The Morgan fingerprint density at radius 1 is 1.08 bits per heavy atom. The zero-order chi connectivity index (χ0) is 27.3. The van der Waals surface area contributed by atoms with E-state index in [2.05, 4.69) is 6.58 Å². The van der Waals surface area contributed by atoms with Gasteiger partial charge in [-0.15, -0.1) is 6.58 Å². The number of ether oxygens (including phenoxy) is 3. The van der Waals surface area contributed by atoms with Gasteiger partial charge >= 0.3 is 11.9 Å². The molecule has 3 heterocycles. The van der Waals surface area contributed by atoms with Crippen LogP contribution in [0.15, 0.2) is 36.6 Å². The molecule has 0 aromatic rings. The van der Waals surface area contributed by atoms with Crippen molar-refractivity contribution in [1.29, 1.82) is 0 Å². The maximum absolute atomic E-state index is 11.9. The third-order valence-electron chi connectivity index (χ3n) is 6.97. The summed E-state index contributed by atoms with van der Waals surface area (Å²) in [5.74, 6) is -4.68. The normalized spacial score (nSPS) is 39.1. The Hall–Kier alpha value is -2.36. The summed E-state index contributed by atoms with van der Waals surface area (Å²) in [6.07, 6.45) is -2.71. The Bertz CT molecular complexity index is 876. The number of aliphatic carboxylic acids is 2. The first-order valence-electron chi connectivity index (χ1n) is 12.0. The van der Waals surface area contributed by atoms with Gasteiger partial charge in [-0.25, -0.2) is 4.79 Å². The van der Waals surface area contributed by atoms with Gasteiger partial charge in [-0.1, -0.05) is 18.2 Å². The standard InChI is InChI=1S/C24H35NO12/c1-2-14-15(4-3-12-7-13(21(31)32)9-25(8-12)5-6-26)16(22(33)34)11-35-23(14)37-24-20(30)19(29)18(28)17(10-27)36-24/h2-4,11-15,17-20,23-24,26-30H,1,5-10H2,(H,31,32)(H,33,34)/t12?,13?,14-,15-,17+,18+,19-,20+,23-,24+/m0/s1. The van der Waals surface area contributed by atoms with Crippen molar-refractivity contribution in [1.82, 2.24) is 4.90 Å². The molecule has 0 spiro atoms. The van der Waals surface area contributed by atoms with Crippen LogP contribution in [0.5, 0.6) is 0 Å². The monoisotopic (exact) mass is 529 g/mol. The van der Waals surface area contributed by atoms with Crippen molar-refractivity contribution in [2.24, 2.45) is 23.7 Å². The maximum atomic E-state index is 11.9. The molecular weight excluding hydrogens is 494 g/mol. The molecule has 2 unspecified atom stereocenters. The van der Waals surface area contributed by atoms with E-state index in [0.717, 1.165) is 6.26 Å². The molecule has 3 rings (SSSR count). The summed E-state index contributed by atoms with van der Waals surface area (Å²) in [4.78, 5) is 25.4. The second-order valence-electron chi connectivity index (χ2n) is 9.45. The van der Waals surface area contributed by atoms with E-state index in [1.807, 2.05) is 4.90 Å². The Balaban J connectivity index is 1.81. The number of allylic oxidation sites excluding steroid dienone is 1. The highest BCUT2D eigenvalue weighted by molar-refractivity contribution is 5.87. The van der Waals surface area contributed by atoms with Crippen molar-refractivity contribution in [3.63, 3.8) is 0 Å². The quantitative estimate of drug-likeness (QED) is 0.155. The van der Waals surface area contributed by atoms with E-state index < -0.39 is 73.3 Å². The number of likely N-dealkylation sites (tertiary alicyclic amines) is 1. The van der Waals surface area contributed by atoms with E-state index in [1.54, 1.807) is 12.2 Å². The van der Waals surface area contributed by atoms with Crippen LogP contribution in [0.1, 0.15) is 6.42 Å². The molecule has 0 amide bonds. The summed E-state index contributed by atoms with van der Waals surface area (Å²) in [7, 11) is 0. The predicted octanol–water partition coefficient (Wildman–Crippen LogP) is -1.88. The number of carboxylic acid groups (broad SMARTS) is 2. The Morgan fingerprint density at radius 2 is 1.81 bits per heavy atom. The lowest BCUT2D eigenvalue weighted by Gasteiger charge is -2.42. The predicted molar refractivity (Wildman–Crippen MR) is 125 cm³/mol. The molecule has 10 atom stereocenters. The lowest BCUT2D eigenvalue weighted by atomic mass is 9.81. The van der Waals surface area contributed by atoms with Crippen LogP contribution in [-0.4, -0.2) is 122 Å². The van der Waals surface area contributed by atoms with Gasteiger partial charge in [0.2, 0.25) is 6.29 Å². The number of β-amino-alcohol motifs (C(OH)–C–C–N with tert-alkyl or cyclic N) is 1. The fraction of sp³-hybridized carbons (Fsp3) is 0.667. The summed E-state index contributed by atoms with van der Waals surface area (Å²) in [6.45, 7) is 4.09. The minimum absolute atomic E-state index is 0.104. The summed E-state index contributed by atoms with van der Waals surface area (Å²) in [6, 6.07) is 0. The van der Waals surface area contributed by atoms with E-state index in [1.165, 1.54) is 6.08 Å². The van der Waals surface area contributed by atoms with Crippen molar-refractivity contribution in [3.05, 3.63) is 36.6 Å². The second kappa shape index (κ2) is 12.9. The van der Waals surface area contributed by atoms with Gasteiger partial charge in [-0.3, -0.25) is 9.69 Å². The van der Waals surface area contributed by atoms with Gasteiger partial charge in [-0.2, -0.15) is 0 Å². The van der Waals surface area contributed by atoms with Crippen LogP contribution in [0.4, 0.5) is 0 Å². The highest BCUT2D eigenvalue weighted by Crippen LogP contribution is 2.36. The van der Waals surface area contributed by atoms with E-state index in [0.29, 0.717) is 26.1 Å². The minimum Gasteiger partial charge on any atom is -0.481 e. The lowest BCUT2D eigenvalue weighted by molar-refractivity contribution is -0.338. The molecule has 0 aromatic carbocycles. The van der Waals surface area contributed by atoms with Crippen molar-refractivity contribution in [2.75, 3.05) is 32.8 Å². The second-order valence-corrected chi connectivity index (χ2v) is 9.45. The molecule has 2 fully saturated rings. The zero-order valence-electron chi connectivity index (χ0n) is 20.2. The molecule has 13 heteroatoms. The van der Waals surface area contributed by atoms with Crippen LogP contribution in [0, 0.1) is 23.7 Å². The van der Waals surface area contributed by atoms with Crippen LogP contribution in [0.2, 0.25) is 0 Å². The Morgan fingerprint density at radius 3 is 2.41 bits per heavy atom. The molecule has 0 aliphatic carbocycles. The van der Waals surface area contributed by atoms with Crippen LogP contribution >= 0.6 is 0 Å². The number of aliphatic hydroxyl groups is 5. The molecule has 3 aliphatic heterocycles. The van der Waals surface area contributed by atoms with Crippen molar-refractivity contribution in [3.8, 4) is 0 Å². The largest absolute Gasteiger partial charge is 0.481 e. The first-order chi connectivity index (χ1) is 17.6. The average Bonchev–Trinajstić information content (AvgIpc) is 2.87. The number of aliphatic hydroxyl groups excluding tert-OH is 5. The summed E-state index contributed by atoms with van der Waals surface area (Å²) in [5.41, 5.74) is -0.104. The first-order valence-corrected chi connectivity index (χ1v) is 12.0. The number of carboxylic acids is 2. The summed E-state index contributed by atoms with van der Waals surface area (Å²) < 4.78 is 16.6. The number of carbonyl (C=O) groups is 2. The van der Waals surface area contributed by atoms with Crippen LogP contribution in [0.25, 0.3) is 0 Å². The van der Waals surface area contributed by atoms with Crippen molar-refractivity contribution >= 4 is 11.9 Å². The topological polar surface area (TPSA) is 207 Å². The van der Waals surface area contributed by atoms with Gasteiger partial charge in [0.25, 0.3) is 0 Å². The summed E-state index contributed by atoms with van der Waals surface area (Å²) >= 11 is 0. The van der Waals surface area contributed by atoms with Crippen molar-refractivity contribution in [2.45, 2.75) is 43.4 Å². The number of hydrogen-bond acceptors (Lipinski definition) is 11. The van der Waals surface area contributed by atoms with Crippen molar-refractivity contribution < 1.29 is 59.5 Å². The molecule has 0 radical (unpaired) electrons. The highest BCUT2D eigenvalue weighted by Gasteiger charge is 2.47. The van der Waals surface area contributed by atoms with Gasteiger partial charge in [0, 0.05) is 25.6 Å². The number of piperidine rings is 1. The number of nitrogens with zero attached hydrogens (tertiary/aromatic N) is 1. The zero-order valence-corrected chi connectivity index (χ0v) is 20.2. The van der Waals surface area contributed by atoms with Crippen LogP contribution in [0.3, 0.4) is 0 Å². The smallest absolute Gasteiger partial charge is 0.335 e. The fourth-order valence-corrected chi connectivity index (χ4v) is 4.96. The minimum atomic E-state index is -1.68. The maximum Gasteiger partial charge on any atom is 0.335 e. The van der Waals surface area contributed by atoms with Crippen LogP contribution < -0.4 is 0 Å². The molecule has 2 saturated heterocycles. The molecule has 0 saturated carbocycles. The molecule has 0 bridgehead atoms. The highest BCUT2D eigenvalue weighted by atomic mass is 16.8. The molecule has 7 N–H and O–H groups in total. The average molecular weight is 530 g/mol. The first kappa shape index (κ1) is 29.2. The molecule has 13 nitrogen and oxygen atoms in total. The molecule has 3 aliphatic rings. The molecule has 37 heavy (non-hydrogen) atoms. The Labute approximate surface area is 213 Å². The van der Waals surface area contributed by atoms with Gasteiger partial charge < -0.3 is 50.0 Å². The lowest BCUT2D eigenvalue weighted by Crippen LogP contribution is -2.60. The van der Waals surface area contributed by atoms with Gasteiger partial charge in [-0.05, 0) is 12.3 Å².